The Labute approximate surface area is 213 Å². The first-order valence-corrected chi connectivity index (χ1v) is 13.3. The molecule has 1 aliphatic heterocycles. The molecule has 0 spiro atoms. The van der Waals surface area contributed by atoms with Crippen molar-refractivity contribution < 1.29 is 4.79 Å². The van der Waals surface area contributed by atoms with E-state index in [1.165, 1.54) is 0 Å². The van der Waals surface area contributed by atoms with E-state index in [4.69, 9.17) is 9.97 Å². The lowest BCUT2D eigenvalue weighted by molar-refractivity contribution is 0.0785. The number of thioether (sulfide) groups is 1. The summed E-state index contributed by atoms with van der Waals surface area (Å²) in [6, 6.07) is 18.0. The van der Waals surface area contributed by atoms with Crippen molar-refractivity contribution in [2.75, 3.05) is 44.7 Å². The third-order valence-electron chi connectivity index (χ3n) is 6.61. The van der Waals surface area contributed by atoms with Crippen LogP contribution in [0.4, 0.5) is 5.82 Å². The van der Waals surface area contributed by atoms with Gasteiger partial charge >= 0.3 is 0 Å². The van der Waals surface area contributed by atoms with Gasteiger partial charge < -0.3 is 14.7 Å². The number of amides is 1. The number of rotatable bonds is 8. The van der Waals surface area contributed by atoms with Crippen LogP contribution in [0, 0.1) is 13.8 Å². The summed E-state index contributed by atoms with van der Waals surface area (Å²) in [6.07, 6.45) is 0. The first kappa shape index (κ1) is 25.2. The maximum absolute atomic E-state index is 13.0. The molecular formula is C28H35N5OS. The van der Waals surface area contributed by atoms with Gasteiger partial charge in [-0.1, -0.05) is 61.2 Å². The summed E-state index contributed by atoms with van der Waals surface area (Å²) in [5.41, 5.74) is 5.11. The highest BCUT2D eigenvalue weighted by Gasteiger charge is 2.20. The number of aromatic nitrogens is 2. The Hall–Kier alpha value is -2.90. The lowest BCUT2D eigenvalue weighted by atomic mass is 10.1. The molecule has 2 heterocycles. The second kappa shape index (κ2) is 11.7. The minimum Gasteiger partial charge on any atom is -0.354 e. The Balaban J connectivity index is 1.42. The highest BCUT2D eigenvalue weighted by Crippen LogP contribution is 2.27. The van der Waals surface area contributed by atoms with Crippen LogP contribution in [-0.2, 0) is 12.3 Å². The van der Waals surface area contributed by atoms with Crippen molar-refractivity contribution in [3.05, 3.63) is 82.5 Å². The van der Waals surface area contributed by atoms with Gasteiger partial charge in [-0.05, 0) is 43.7 Å². The molecule has 7 heteroatoms. The van der Waals surface area contributed by atoms with Crippen LogP contribution in [0.15, 0.2) is 59.8 Å². The zero-order valence-corrected chi connectivity index (χ0v) is 22.0. The minimum atomic E-state index is 0.0247. The summed E-state index contributed by atoms with van der Waals surface area (Å²) in [4.78, 5) is 29.3. The molecule has 0 aliphatic carbocycles. The highest BCUT2D eigenvalue weighted by atomic mass is 32.2. The first-order chi connectivity index (χ1) is 16.9. The molecule has 0 N–H and O–H groups in total. The molecule has 1 aromatic heterocycles. The molecule has 0 saturated carbocycles. The molecule has 184 valence electrons. The zero-order chi connectivity index (χ0) is 24.8. The fraction of sp³-hybridized carbons (Fsp3) is 0.393. The molecule has 4 rings (SSSR count). The Morgan fingerprint density at radius 3 is 2.40 bits per heavy atom. The van der Waals surface area contributed by atoms with Crippen LogP contribution in [-0.4, -0.2) is 65.4 Å². The van der Waals surface area contributed by atoms with Crippen molar-refractivity contribution >= 4 is 23.5 Å². The Morgan fingerprint density at radius 2 is 1.69 bits per heavy atom. The Morgan fingerprint density at radius 1 is 0.971 bits per heavy atom. The molecule has 0 unspecified atom stereocenters. The zero-order valence-electron chi connectivity index (χ0n) is 21.2. The van der Waals surface area contributed by atoms with Gasteiger partial charge in [-0.15, -0.1) is 0 Å². The van der Waals surface area contributed by atoms with Crippen LogP contribution in [0.25, 0.3) is 0 Å². The van der Waals surface area contributed by atoms with E-state index in [2.05, 4.69) is 36.6 Å². The third-order valence-corrected chi connectivity index (χ3v) is 7.53. The number of hydrogen-bond donors (Lipinski definition) is 0. The van der Waals surface area contributed by atoms with E-state index >= 15 is 0 Å². The minimum absolute atomic E-state index is 0.0247. The van der Waals surface area contributed by atoms with Crippen LogP contribution < -0.4 is 4.90 Å². The number of benzene rings is 2. The molecule has 1 saturated heterocycles. The number of carbonyl (C=O) groups excluding carboxylic acids is 1. The first-order valence-electron chi connectivity index (χ1n) is 12.3. The average Bonchev–Trinajstić information content (AvgIpc) is 2.89. The van der Waals surface area contributed by atoms with Crippen molar-refractivity contribution in [1.82, 2.24) is 19.8 Å². The van der Waals surface area contributed by atoms with E-state index in [0.29, 0.717) is 12.1 Å². The van der Waals surface area contributed by atoms with Crippen molar-refractivity contribution in [3.8, 4) is 0 Å². The lowest BCUT2D eigenvalue weighted by Crippen LogP contribution is -2.46. The predicted octanol–water partition coefficient (Wildman–Crippen LogP) is 4.80. The molecule has 35 heavy (non-hydrogen) atoms. The molecule has 1 fully saturated rings. The molecule has 0 atom stereocenters. The number of aryl methyl sites for hydroxylation is 1. The Kier molecular flexibility index (Phi) is 8.42. The predicted molar refractivity (Wildman–Crippen MR) is 144 cm³/mol. The van der Waals surface area contributed by atoms with Gasteiger partial charge in [-0.2, -0.15) is 0 Å². The second-order valence-electron chi connectivity index (χ2n) is 9.10. The van der Waals surface area contributed by atoms with Crippen molar-refractivity contribution in [2.45, 2.75) is 38.2 Å². The number of nitrogens with zero attached hydrogens (tertiary/aromatic N) is 5. The van der Waals surface area contributed by atoms with Gasteiger partial charge in [-0.3, -0.25) is 4.79 Å². The molecular weight excluding hydrogens is 454 g/mol. The van der Waals surface area contributed by atoms with Crippen LogP contribution in [0.1, 0.15) is 39.7 Å². The molecule has 1 aliphatic rings. The molecule has 0 radical (unpaired) electrons. The van der Waals surface area contributed by atoms with Gasteiger partial charge in [0, 0.05) is 62.3 Å². The number of hydrogen-bond acceptors (Lipinski definition) is 6. The number of piperazine rings is 1. The van der Waals surface area contributed by atoms with Crippen LogP contribution in [0.2, 0.25) is 0 Å². The summed E-state index contributed by atoms with van der Waals surface area (Å²) in [7, 11) is 1.85. The standard InChI is InChI=1S/C28H35N5OS/c1-5-32-14-16-33(17-15-32)26-21(2)22(3)29-28(30-26)35-20-24-12-9-13-25(18-24)27(34)31(4)19-23-10-7-6-8-11-23/h6-13,18H,5,14-17,19-20H2,1-4H3. The van der Waals surface area contributed by atoms with Gasteiger partial charge in [-0.25, -0.2) is 9.97 Å². The maximum Gasteiger partial charge on any atom is 0.253 e. The fourth-order valence-electron chi connectivity index (χ4n) is 4.33. The van der Waals surface area contributed by atoms with Crippen molar-refractivity contribution in [3.63, 3.8) is 0 Å². The SMILES string of the molecule is CCN1CCN(c2nc(SCc3cccc(C(=O)N(C)Cc4ccccc4)c3)nc(C)c2C)CC1. The molecule has 6 nitrogen and oxygen atoms in total. The smallest absolute Gasteiger partial charge is 0.253 e. The van der Waals surface area contributed by atoms with Crippen molar-refractivity contribution in [2.24, 2.45) is 0 Å². The quantitative estimate of drug-likeness (QED) is 0.335. The summed E-state index contributed by atoms with van der Waals surface area (Å²) < 4.78 is 0. The van der Waals surface area contributed by atoms with E-state index in [0.717, 1.165) is 71.8 Å². The van der Waals surface area contributed by atoms with E-state index in [1.54, 1.807) is 16.7 Å². The van der Waals surface area contributed by atoms with E-state index in [-0.39, 0.29) is 5.91 Å². The Bertz CT molecular complexity index is 1150. The molecule has 3 aromatic rings. The molecule has 1 amide bonds. The topological polar surface area (TPSA) is 52.6 Å². The average molecular weight is 490 g/mol. The molecule has 2 aromatic carbocycles. The van der Waals surface area contributed by atoms with Crippen molar-refractivity contribution in [1.29, 1.82) is 0 Å². The highest BCUT2D eigenvalue weighted by molar-refractivity contribution is 7.98. The van der Waals surface area contributed by atoms with E-state index in [9.17, 15) is 4.79 Å². The molecule has 0 bridgehead atoms. The number of carbonyl (C=O) groups is 1. The largest absolute Gasteiger partial charge is 0.354 e. The fourth-order valence-corrected chi connectivity index (χ4v) is 5.16. The summed E-state index contributed by atoms with van der Waals surface area (Å²) in [6.45, 7) is 12.2. The van der Waals surface area contributed by atoms with Gasteiger partial charge in [0.2, 0.25) is 0 Å². The maximum atomic E-state index is 13.0. The number of likely N-dealkylation sites (N-methyl/N-ethyl adjacent to an activating group) is 1. The second-order valence-corrected chi connectivity index (χ2v) is 10.0. The summed E-state index contributed by atoms with van der Waals surface area (Å²) >= 11 is 1.63. The van der Waals surface area contributed by atoms with Crippen LogP contribution in [0.3, 0.4) is 0 Å². The van der Waals surface area contributed by atoms with Gasteiger partial charge in [0.1, 0.15) is 5.82 Å². The van der Waals surface area contributed by atoms with E-state index < -0.39 is 0 Å². The van der Waals surface area contributed by atoms with Crippen LogP contribution in [0.5, 0.6) is 0 Å². The normalized spacial score (nSPS) is 14.2. The third kappa shape index (κ3) is 6.41. The number of anilines is 1. The lowest BCUT2D eigenvalue weighted by Gasteiger charge is -2.35. The van der Waals surface area contributed by atoms with Gasteiger partial charge in [0.15, 0.2) is 5.16 Å². The van der Waals surface area contributed by atoms with Gasteiger partial charge in [0.25, 0.3) is 5.91 Å². The summed E-state index contributed by atoms with van der Waals surface area (Å²) in [5.74, 6) is 1.80. The monoisotopic (exact) mass is 489 g/mol. The van der Waals surface area contributed by atoms with Gasteiger partial charge in [0.05, 0.1) is 0 Å². The summed E-state index contributed by atoms with van der Waals surface area (Å²) in [5, 5.41) is 0.791. The van der Waals surface area contributed by atoms with E-state index in [1.807, 2.05) is 55.6 Å². The van der Waals surface area contributed by atoms with Crippen LogP contribution >= 0.6 is 11.8 Å².